The van der Waals surface area contributed by atoms with Gasteiger partial charge in [-0.05, 0) is 67.8 Å². The monoisotopic (exact) mass is 420 g/mol. The van der Waals surface area contributed by atoms with Crippen LogP contribution in [0.2, 0.25) is 5.02 Å². The van der Waals surface area contributed by atoms with Gasteiger partial charge in [-0.15, -0.1) is 0 Å². The molecular weight excluding hydrogens is 400 g/mol. The van der Waals surface area contributed by atoms with Gasteiger partial charge in [0.05, 0.1) is 0 Å². The Labute approximate surface area is 180 Å². The van der Waals surface area contributed by atoms with Gasteiger partial charge >= 0.3 is 0 Å². The van der Waals surface area contributed by atoms with Crippen LogP contribution in [0.15, 0.2) is 65.3 Å². The molecule has 0 saturated carbocycles. The zero-order chi connectivity index (χ0) is 21.8. The molecule has 30 heavy (non-hydrogen) atoms. The number of carbonyl (C=O) groups is 2. The van der Waals surface area contributed by atoms with E-state index in [4.69, 9.17) is 16.3 Å². The molecule has 2 aromatic carbocycles. The van der Waals surface area contributed by atoms with Crippen molar-refractivity contribution < 1.29 is 14.3 Å². The molecule has 0 atom stereocenters. The second-order valence-electron chi connectivity index (χ2n) is 7.23. The van der Waals surface area contributed by atoms with Crippen LogP contribution in [0.4, 0.5) is 0 Å². The van der Waals surface area contributed by atoms with Gasteiger partial charge in [0.1, 0.15) is 24.0 Å². The maximum absolute atomic E-state index is 12.9. The molecule has 5 nitrogen and oxygen atoms in total. The zero-order valence-electron chi connectivity index (χ0n) is 17.0. The van der Waals surface area contributed by atoms with Gasteiger partial charge in [0.2, 0.25) is 0 Å². The quantitative estimate of drug-likeness (QED) is 0.508. The smallest absolute Gasteiger partial charge is 0.271 e. The summed E-state index contributed by atoms with van der Waals surface area (Å²) in [7, 11) is 0. The average Bonchev–Trinajstić information content (AvgIpc) is 2.72. The molecule has 152 valence electrons. The van der Waals surface area contributed by atoms with Gasteiger partial charge in [0, 0.05) is 16.6 Å². The van der Waals surface area contributed by atoms with E-state index in [0.717, 1.165) is 16.0 Å². The van der Waals surface area contributed by atoms with Crippen LogP contribution in [0, 0.1) is 11.3 Å². The first-order valence-electron chi connectivity index (χ1n) is 9.50. The summed E-state index contributed by atoms with van der Waals surface area (Å²) < 4.78 is 5.78. The summed E-state index contributed by atoms with van der Waals surface area (Å²) in [6, 6.07) is 16.3. The predicted octanol–water partition coefficient (Wildman–Crippen LogP) is 4.92. The molecule has 0 N–H and O–H groups in total. The molecule has 0 unspecified atom stereocenters. The van der Waals surface area contributed by atoms with Crippen molar-refractivity contribution in [1.82, 2.24) is 4.90 Å². The van der Waals surface area contributed by atoms with E-state index in [2.05, 4.69) is 0 Å². The van der Waals surface area contributed by atoms with Gasteiger partial charge < -0.3 is 4.74 Å². The molecule has 0 aromatic heterocycles. The van der Waals surface area contributed by atoms with E-state index in [1.165, 1.54) is 0 Å². The van der Waals surface area contributed by atoms with E-state index in [1.807, 2.05) is 54.6 Å². The molecule has 1 heterocycles. The molecule has 1 aliphatic heterocycles. The van der Waals surface area contributed by atoms with Crippen LogP contribution in [-0.4, -0.2) is 22.8 Å². The first kappa shape index (κ1) is 21.4. The molecule has 6 heteroatoms. The lowest BCUT2D eigenvalue weighted by Crippen LogP contribution is -2.46. The summed E-state index contributed by atoms with van der Waals surface area (Å²) >= 11 is 5.89. The molecular formula is C24H21ClN2O3. The van der Waals surface area contributed by atoms with Crippen molar-refractivity contribution in [3.8, 4) is 11.8 Å². The number of amides is 2. The molecule has 1 aliphatic rings. The van der Waals surface area contributed by atoms with Gasteiger partial charge in [-0.1, -0.05) is 35.9 Å². The van der Waals surface area contributed by atoms with Gasteiger partial charge in [0.25, 0.3) is 11.8 Å². The highest BCUT2D eigenvalue weighted by atomic mass is 35.5. The second-order valence-corrected chi connectivity index (χ2v) is 7.66. The average molecular weight is 421 g/mol. The summed E-state index contributed by atoms with van der Waals surface area (Å²) in [6.07, 6.45) is 1.69. The third-order valence-electron chi connectivity index (χ3n) is 4.80. The Kier molecular flexibility index (Phi) is 6.39. The highest BCUT2D eigenvalue weighted by Gasteiger charge is 2.36. The number of ether oxygens (including phenoxy) is 1. The molecule has 0 fully saturated rings. The Balaban J connectivity index is 1.82. The van der Waals surface area contributed by atoms with Crippen LogP contribution < -0.4 is 4.74 Å². The van der Waals surface area contributed by atoms with Crippen LogP contribution in [0.1, 0.15) is 31.9 Å². The van der Waals surface area contributed by atoms with Crippen molar-refractivity contribution in [1.29, 1.82) is 5.26 Å². The SMILES string of the molecule is CC1=C(C#N)C(=O)N(C(C)C)C(=O)/C1=C/c1ccc(OCc2ccc(Cl)cc2)cc1. The lowest BCUT2D eigenvalue weighted by atomic mass is 9.93. The first-order chi connectivity index (χ1) is 14.3. The van der Waals surface area contributed by atoms with E-state index >= 15 is 0 Å². The first-order valence-corrected chi connectivity index (χ1v) is 9.88. The summed E-state index contributed by atoms with van der Waals surface area (Å²) in [6.45, 7) is 5.53. The van der Waals surface area contributed by atoms with Crippen LogP contribution in [0.5, 0.6) is 5.75 Å². The highest BCUT2D eigenvalue weighted by molar-refractivity contribution is 6.30. The standard InChI is InChI=1S/C24H21ClN2O3/c1-15(2)27-23(28)21(16(3)22(13-26)24(27)29)12-17-6-10-20(11-7-17)30-14-18-4-8-19(25)9-5-18/h4-12,15H,14H2,1-3H3/b21-12+. The molecule has 0 radical (unpaired) electrons. The predicted molar refractivity (Wildman–Crippen MR) is 116 cm³/mol. The van der Waals surface area contributed by atoms with Crippen molar-refractivity contribution in [2.45, 2.75) is 33.4 Å². The number of carbonyl (C=O) groups excluding carboxylic acids is 2. The van der Waals surface area contributed by atoms with Gasteiger partial charge in [0.15, 0.2) is 0 Å². The number of hydrogen-bond acceptors (Lipinski definition) is 4. The second kappa shape index (κ2) is 8.98. The summed E-state index contributed by atoms with van der Waals surface area (Å²) in [5.41, 5.74) is 2.51. The Hall–Kier alpha value is -3.36. The van der Waals surface area contributed by atoms with Crippen LogP contribution >= 0.6 is 11.6 Å². The lowest BCUT2D eigenvalue weighted by molar-refractivity contribution is -0.142. The Morgan fingerprint density at radius 1 is 1.07 bits per heavy atom. The van der Waals surface area contributed by atoms with Crippen LogP contribution in [0.25, 0.3) is 6.08 Å². The molecule has 0 saturated heterocycles. The van der Waals surface area contributed by atoms with E-state index in [9.17, 15) is 14.9 Å². The van der Waals surface area contributed by atoms with E-state index in [0.29, 0.717) is 28.5 Å². The largest absolute Gasteiger partial charge is 0.489 e. The number of imide groups is 1. The molecule has 0 spiro atoms. The maximum atomic E-state index is 12.9. The van der Waals surface area contributed by atoms with Crippen molar-refractivity contribution in [2.24, 2.45) is 0 Å². The fourth-order valence-corrected chi connectivity index (χ4v) is 3.27. The van der Waals surface area contributed by atoms with E-state index < -0.39 is 11.8 Å². The topological polar surface area (TPSA) is 70.4 Å². The van der Waals surface area contributed by atoms with Gasteiger partial charge in [-0.25, -0.2) is 0 Å². The highest BCUT2D eigenvalue weighted by Crippen LogP contribution is 2.28. The van der Waals surface area contributed by atoms with E-state index in [1.54, 1.807) is 26.8 Å². The minimum Gasteiger partial charge on any atom is -0.489 e. The zero-order valence-corrected chi connectivity index (χ0v) is 17.7. The maximum Gasteiger partial charge on any atom is 0.271 e. The van der Waals surface area contributed by atoms with Gasteiger partial charge in [-0.2, -0.15) is 5.26 Å². The van der Waals surface area contributed by atoms with E-state index in [-0.39, 0.29) is 11.6 Å². The molecule has 3 rings (SSSR count). The molecule has 0 bridgehead atoms. The fraction of sp³-hybridized carbons (Fsp3) is 0.208. The normalized spacial score (nSPS) is 15.7. The fourth-order valence-electron chi connectivity index (χ4n) is 3.14. The number of nitriles is 1. The number of rotatable bonds is 5. The minimum atomic E-state index is -0.543. The Bertz CT molecular complexity index is 1070. The molecule has 2 aromatic rings. The van der Waals surface area contributed by atoms with Crippen molar-refractivity contribution >= 4 is 29.5 Å². The number of benzene rings is 2. The van der Waals surface area contributed by atoms with Crippen LogP contribution in [-0.2, 0) is 16.2 Å². The molecule has 0 aliphatic carbocycles. The number of nitrogens with zero attached hydrogens (tertiary/aromatic N) is 2. The Morgan fingerprint density at radius 3 is 2.27 bits per heavy atom. The summed E-state index contributed by atoms with van der Waals surface area (Å²) in [5, 5.41) is 10.1. The molecule has 2 amide bonds. The van der Waals surface area contributed by atoms with Crippen molar-refractivity contribution in [3.05, 3.63) is 81.4 Å². The van der Waals surface area contributed by atoms with Crippen molar-refractivity contribution in [2.75, 3.05) is 0 Å². The third-order valence-corrected chi connectivity index (χ3v) is 5.05. The third kappa shape index (κ3) is 4.45. The minimum absolute atomic E-state index is 0.00234. The summed E-state index contributed by atoms with van der Waals surface area (Å²) in [5.74, 6) is -0.251. The van der Waals surface area contributed by atoms with Crippen LogP contribution in [0.3, 0.4) is 0 Å². The van der Waals surface area contributed by atoms with Crippen molar-refractivity contribution in [3.63, 3.8) is 0 Å². The summed E-state index contributed by atoms with van der Waals surface area (Å²) in [4.78, 5) is 26.4. The lowest BCUT2D eigenvalue weighted by Gasteiger charge is -2.30. The van der Waals surface area contributed by atoms with Gasteiger partial charge in [-0.3, -0.25) is 14.5 Å². The Morgan fingerprint density at radius 2 is 1.70 bits per heavy atom. The number of halogens is 1. The number of hydrogen-bond donors (Lipinski definition) is 0.